The summed E-state index contributed by atoms with van der Waals surface area (Å²) in [5.74, 6) is -0.144. The van der Waals surface area contributed by atoms with Crippen LogP contribution in [0.5, 0.6) is 0 Å². The van der Waals surface area contributed by atoms with Crippen molar-refractivity contribution in [3.63, 3.8) is 0 Å². The zero-order chi connectivity index (χ0) is 12.4. The topological polar surface area (TPSA) is 38.9 Å². The van der Waals surface area contributed by atoms with Crippen molar-refractivity contribution in [2.45, 2.75) is 18.7 Å². The van der Waals surface area contributed by atoms with Gasteiger partial charge in [-0.3, -0.25) is 0 Å². The fraction of sp³-hybridized carbons (Fsp3) is 0.273. The molecule has 0 amide bonds. The average molecular weight is 275 g/mol. The number of hydrogen-bond donors (Lipinski definition) is 0. The van der Waals surface area contributed by atoms with Crippen molar-refractivity contribution in [3.05, 3.63) is 34.9 Å². The van der Waals surface area contributed by atoms with Gasteiger partial charge in [-0.05, 0) is 18.6 Å². The number of aromatic nitrogens is 2. The minimum atomic E-state index is -0.577. The summed E-state index contributed by atoms with van der Waals surface area (Å²) in [4.78, 5) is 4.04. The molecular weight excluding hydrogens is 266 g/mol. The Labute approximate surface area is 108 Å². The SMILES string of the molecule is CCC(Cl)c1noc(-c2cccc(Cl)c2F)n1. The molecule has 2 aromatic rings. The van der Waals surface area contributed by atoms with Crippen LogP contribution >= 0.6 is 23.2 Å². The molecule has 1 aromatic carbocycles. The van der Waals surface area contributed by atoms with E-state index in [4.69, 9.17) is 27.7 Å². The van der Waals surface area contributed by atoms with Crippen LogP contribution in [0.25, 0.3) is 11.5 Å². The second kappa shape index (κ2) is 5.02. The van der Waals surface area contributed by atoms with Gasteiger partial charge < -0.3 is 4.52 Å². The number of nitrogens with zero attached hydrogens (tertiary/aromatic N) is 2. The first kappa shape index (κ1) is 12.3. The fourth-order valence-corrected chi connectivity index (χ4v) is 1.59. The Hall–Kier alpha value is -1.13. The minimum Gasteiger partial charge on any atom is -0.334 e. The van der Waals surface area contributed by atoms with E-state index in [-0.39, 0.29) is 21.9 Å². The smallest absolute Gasteiger partial charge is 0.261 e. The number of halogens is 3. The summed E-state index contributed by atoms with van der Waals surface area (Å²) in [5, 5.41) is 3.38. The van der Waals surface area contributed by atoms with Gasteiger partial charge in [0.05, 0.1) is 16.0 Å². The summed E-state index contributed by atoms with van der Waals surface area (Å²) in [6, 6.07) is 4.59. The third kappa shape index (κ3) is 2.42. The van der Waals surface area contributed by atoms with Crippen molar-refractivity contribution in [1.82, 2.24) is 10.1 Å². The Morgan fingerprint density at radius 1 is 1.47 bits per heavy atom. The van der Waals surface area contributed by atoms with Gasteiger partial charge in [-0.15, -0.1) is 11.6 Å². The molecule has 0 spiro atoms. The van der Waals surface area contributed by atoms with E-state index in [9.17, 15) is 4.39 Å². The molecule has 0 N–H and O–H groups in total. The zero-order valence-electron chi connectivity index (χ0n) is 8.95. The summed E-state index contributed by atoms with van der Waals surface area (Å²) < 4.78 is 18.7. The van der Waals surface area contributed by atoms with Crippen molar-refractivity contribution in [1.29, 1.82) is 0 Å². The molecule has 0 aliphatic carbocycles. The lowest BCUT2D eigenvalue weighted by atomic mass is 10.2. The van der Waals surface area contributed by atoms with E-state index >= 15 is 0 Å². The van der Waals surface area contributed by atoms with Gasteiger partial charge in [0, 0.05) is 0 Å². The van der Waals surface area contributed by atoms with Crippen molar-refractivity contribution in [3.8, 4) is 11.5 Å². The number of alkyl halides is 1. The lowest BCUT2D eigenvalue weighted by Crippen LogP contribution is -1.91. The first-order valence-corrected chi connectivity index (χ1v) is 5.87. The molecule has 17 heavy (non-hydrogen) atoms. The minimum absolute atomic E-state index is 0.0140. The maximum absolute atomic E-state index is 13.7. The van der Waals surface area contributed by atoms with Crippen LogP contribution in [-0.4, -0.2) is 10.1 Å². The molecule has 1 aromatic heterocycles. The van der Waals surface area contributed by atoms with Gasteiger partial charge >= 0.3 is 0 Å². The van der Waals surface area contributed by atoms with Crippen LogP contribution in [-0.2, 0) is 0 Å². The Balaban J connectivity index is 2.40. The lowest BCUT2D eigenvalue weighted by Gasteiger charge is -1.98. The van der Waals surface area contributed by atoms with E-state index < -0.39 is 5.82 Å². The van der Waals surface area contributed by atoms with Crippen LogP contribution in [0.4, 0.5) is 4.39 Å². The molecule has 1 atom stereocenters. The highest BCUT2D eigenvalue weighted by molar-refractivity contribution is 6.31. The molecule has 1 heterocycles. The summed E-state index contributed by atoms with van der Waals surface area (Å²) >= 11 is 11.6. The Morgan fingerprint density at radius 3 is 2.94 bits per heavy atom. The summed E-state index contributed by atoms with van der Waals surface area (Å²) in [6.07, 6.45) is 0.665. The van der Waals surface area contributed by atoms with E-state index in [0.29, 0.717) is 12.2 Å². The first-order chi connectivity index (χ1) is 8.13. The molecule has 0 fully saturated rings. The highest BCUT2D eigenvalue weighted by atomic mass is 35.5. The molecule has 2 rings (SSSR count). The highest BCUT2D eigenvalue weighted by Gasteiger charge is 2.18. The van der Waals surface area contributed by atoms with E-state index in [0.717, 1.165) is 0 Å². The predicted molar refractivity (Wildman–Crippen MR) is 63.6 cm³/mol. The van der Waals surface area contributed by atoms with Crippen LogP contribution < -0.4 is 0 Å². The molecule has 6 heteroatoms. The monoisotopic (exact) mass is 274 g/mol. The molecular formula is C11H9Cl2FN2O. The molecule has 0 aliphatic heterocycles. The third-order valence-corrected chi connectivity index (χ3v) is 3.06. The highest BCUT2D eigenvalue weighted by Crippen LogP contribution is 2.28. The van der Waals surface area contributed by atoms with Crippen molar-refractivity contribution in [2.24, 2.45) is 0 Å². The molecule has 0 saturated heterocycles. The van der Waals surface area contributed by atoms with Crippen LogP contribution in [0.1, 0.15) is 24.5 Å². The fourth-order valence-electron chi connectivity index (χ4n) is 1.32. The van der Waals surface area contributed by atoms with E-state index in [1.165, 1.54) is 12.1 Å². The normalized spacial score (nSPS) is 12.7. The second-order valence-corrected chi connectivity index (χ2v) is 4.37. The van der Waals surface area contributed by atoms with E-state index in [1.54, 1.807) is 6.07 Å². The molecule has 90 valence electrons. The number of rotatable bonds is 3. The Kier molecular flexibility index (Phi) is 3.64. The van der Waals surface area contributed by atoms with Crippen LogP contribution in [0, 0.1) is 5.82 Å². The first-order valence-electron chi connectivity index (χ1n) is 5.05. The Bertz CT molecular complexity index is 530. The third-order valence-electron chi connectivity index (χ3n) is 2.26. The maximum atomic E-state index is 13.7. The van der Waals surface area contributed by atoms with Crippen molar-refractivity contribution in [2.75, 3.05) is 0 Å². The van der Waals surface area contributed by atoms with Crippen molar-refractivity contribution < 1.29 is 8.91 Å². The standard InChI is InChI=1S/C11H9Cl2FN2O/c1-2-7(12)10-15-11(17-16-10)6-4-3-5-8(13)9(6)14/h3-5,7H,2H2,1H3. The molecule has 0 aliphatic rings. The molecule has 3 nitrogen and oxygen atoms in total. The molecule has 1 unspecified atom stereocenters. The quantitative estimate of drug-likeness (QED) is 0.787. The van der Waals surface area contributed by atoms with Gasteiger partial charge in [0.1, 0.15) is 0 Å². The van der Waals surface area contributed by atoms with Crippen LogP contribution in [0.2, 0.25) is 5.02 Å². The molecule has 0 bridgehead atoms. The number of hydrogen-bond acceptors (Lipinski definition) is 3. The van der Waals surface area contributed by atoms with Gasteiger partial charge in [-0.25, -0.2) is 4.39 Å². The van der Waals surface area contributed by atoms with Crippen LogP contribution in [0.3, 0.4) is 0 Å². The van der Waals surface area contributed by atoms with Gasteiger partial charge in [-0.2, -0.15) is 4.98 Å². The van der Waals surface area contributed by atoms with Gasteiger partial charge in [0.25, 0.3) is 5.89 Å². The second-order valence-electron chi connectivity index (χ2n) is 3.43. The predicted octanol–water partition coefficient (Wildman–Crippen LogP) is 4.22. The molecule has 0 radical (unpaired) electrons. The maximum Gasteiger partial charge on any atom is 0.261 e. The largest absolute Gasteiger partial charge is 0.334 e. The number of benzene rings is 1. The molecule has 0 saturated carbocycles. The van der Waals surface area contributed by atoms with Crippen molar-refractivity contribution >= 4 is 23.2 Å². The van der Waals surface area contributed by atoms with Gasteiger partial charge in [0.2, 0.25) is 0 Å². The van der Waals surface area contributed by atoms with Crippen LogP contribution in [0.15, 0.2) is 22.7 Å². The van der Waals surface area contributed by atoms with Gasteiger partial charge in [0.15, 0.2) is 11.6 Å². The summed E-state index contributed by atoms with van der Waals surface area (Å²) in [7, 11) is 0. The van der Waals surface area contributed by atoms with E-state index in [1.807, 2.05) is 6.92 Å². The van der Waals surface area contributed by atoms with E-state index in [2.05, 4.69) is 10.1 Å². The summed E-state index contributed by atoms with van der Waals surface area (Å²) in [6.45, 7) is 1.90. The lowest BCUT2D eigenvalue weighted by molar-refractivity contribution is 0.419. The Morgan fingerprint density at radius 2 is 2.24 bits per heavy atom. The zero-order valence-corrected chi connectivity index (χ0v) is 10.5. The van der Waals surface area contributed by atoms with Gasteiger partial charge in [-0.1, -0.05) is 29.7 Å². The summed E-state index contributed by atoms with van der Waals surface area (Å²) in [5.41, 5.74) is 0.177. The average Bonchev–Trinajstić information content (AvgIpc) is 2.81.